The third-order valence-electron chi connectivity index (χ3n) is 4.37. The number of anilines is 1. The topological polar surface area (TPSA) is 81.8 Å². The normalized spacial score (nSPS) is 10.9. The Labute approximate surface area is 165 Å². The average Bonchev–Trinajstić information content (AvgIpc) is 3.00. The molecule has 2 aromatic heterocycles. The smallest absolute Gasteiger partial charge is 0.258 e. The van der Waals surface area contributed by atoms with E-state index >= 15 is 0 Å². The van der Waals surface area contributed by atoms with E-state index in [-0.39, 0.29) is 22.1 Å². The van der Waals surface area contributed by atoms with Crippen LogP contribution in [0.15, 0.2) is 29.1 Å². The second kappa shape index (κ2) is 7.55. The van der Waals surface area contributed by atoms with Crippen LogP contribution in [-0.2, 0) is 13.5 Å². The third-order valence-corrected chi connectivity index (χ3v) is 4.67. The summed E-state index contributed by atoms with van der Waals surface area (Å²) in [6, 6.07) is 5.42. The second-order valence-corrected chi connectivity index (χ2v) is 6.77. The molecular weight excluding hydrogens is 385 g/mol. The van der Waals surface area contributed by atoms with E-state index in [1.165, 1.54) is 21.4 Å². The Bertz CT molecular complexity index is 1140. The predicted octanol–water partition coefficient (Wildman–Crippen LogP) is 3.19. The van der Waals surface area contributed by atoms with Crippen LogP contribution in [0.5, 0.6) is 0 Å². The molecule has 0 aliphatic heterocycles. The van der Waals surface area contributed by atoms with Gasteiger partial charge in [-0.2, -0.15) is 9.78 Å². The van der Waals surface area contributed by atoms with Crippen LogP contribution in [0.25, 0.3) is 5.95 Å². The van der Waals surface area contributed by atoms with Crippen molar-refractivity contribution in [1.29, 1.82) is 0 Å². The number of nitrogens with zero attached hydrogens (tertiary/aromatic N) is 4. The molecule has 0 radical (unpaired) electrons. The van der Waals surface area contributed by atoms with Gasteiger partial charge in [0.05, 0.1) is 16.4 Å². The van der Waals surface area contributed by atoms with Crippen LogP contribution in [0.4, 0.5) is 10.2 Å². The number of halogens is 2. The van der Waals surface area contributed by atoms with Crippen molar-refractivity contribution < 1.29 is 9.18 Å². The van der Waals surface area contributed by atoms with Crippen molar-refractivity contribution in [2.75, 3.05) is 5.32 Å². The van der Waals surface area contributed by atoms with Gasteiger partial charge in [0.25, 0.3) is 11.5 Å². The standard InChI is InChI=1S/C19H19ClFN5O2/c1-5-13-11(3)22-19(25(4)18(13)28)26-16(8-10(2)24-26)23-17(27)12-6-7-14(20)15(21)9-12/h6-9H,5H2,1-4H3,(H,23,27). The Hall–Kier alpha value is -3.00. The summed E-state index contributed by atoms with van der Waals surface area (Å²) in [7, 11) is 1.60. The Balaban J connectivity index is 2.04. The van der Waals surface area contributed by atoms with Gasteiger partial charge < -0.3 is 5.32 Å². The molecule has 7 nitrogen and oxygen atoms in total. The van der Waals surface area contributed by atoms with Crippen molar-refractivity contribution in [2.45, 2.75) is 27.2 Å². The number of hydrogen-bond donors (Lipinski definition) is 1. The lowest BCUT2D eigenvalue weighted by molar-refractivity contribution is 0.102. The van der Waals surface area contributed by atoms with Gasteiger partial charge >= 0.3 is 0 Å². The highest BCUT2D eigenvalue weighted by molar-refractivity contribution is 6.30. The monoisotopic (exact) mass is 403 g/mol. The summed E-state index contributed by atoms with van der Waals surface area (Å²) >= 11 is 5.66. The van der Waals surface area contributed by atoms with Gasteiger partial charge in [0, 0.05) is 24.2 Å². The number of amides is 1. The van der Waals surface area contributed by atoms with Crippen molar-refractivity contribution >= 4 is 23.3 Å². The number of benzene rings is 1. The van der Waals surface area contributed by atoms with Crippen LogP contribution in [0.1, 0.15) is 34.2 Å². The molecule has 0 saturated carbocycles. The summed E-state index contributed by atoms with van der Waals surface area (Å²) in [5.41, 5.74) is 1.77. The summed E-state index contributed by atoms with van der Waals surface area (Å²) in [4.78, 5) is 29.6. The third kappa shape index (κ3) is 3.55. The van der Waals surface area contributed by atoms with Gasteiger partial charge in [-0.1, -0.05) is 18.5 Å². The molecule has 0 aliphatic carbocycles. The number of carbonyl (C=O) groups is 1. The second-order valence-electron chi connectivity index (χ2n) is 6.36. The molecular formula is C19H19ClFN5O2. The van der Waals surface area contributed by atoms with Gasteiger partial charge in [-0.25, -0.2) is 9.37 Å². The maximum absolute atomic E-state index is 13.7. The van der Waals surface area contributed by atoms with Crippen LogP contribution in [0.3, 0.4) is 0 Å². The molecule has 28 heavy (non-hydrogen) atoms. The summed E-state index contributed by atoms with van der Waals surface area (Å²) in [6.45, 7) is 5.40. The number of aromatic nitrogens is 4. The summed E-state index contributed by atoms with van der Waals surface area (Å²) < 4.78 is 16.4. The minimum absolute atomic E-state index is 0.0666. The van der Waals surface area contributed by atoms with E-state index in [2.05, 4.69) is 15.4 Å². The van der Waals surface area contributed by atoms with E-state index in [9.17, 15) is 14.0 Å². The van der Waals surface area contributed by atoms with Crippen LogP contribution >= 0.6 is 11.6 Å². The molecule has 0 bridgehead atoms. The van der Waals surface area contributed by atoms with Crippen LogP contribution < -0.4 is 10.9 Å². The zero-order chi connectivity index (χ0) is 20.6. The molecule has 3 aromatic rings. The maximum atomic E-state index is 13.7. The zero-order valence-electron chi connectivity index (χ0n) is 15.9. The SMILES string of the molecule is CCc1c(C)nc(-n2nc(C)cc2NC(=O)c2ccc(Cl)c(F)c2)n(C)c1=O. The predicted molar refractivity (Wildman–Crippen MR) is 105 cm³/mol. The van der Waals surface area contributed by atoms with Gasteiger partial charge in [-0.3, -0.25) is 14.2 Å². The lowest BCUT2D eigenvalue weighted by Gasteiger charge is -2.14. The van der Waals surface area contributed by atoms with E-state index in [4.69, 9.17) is 11.6 Å². The molecule has 146 valence electrons. The average molecular weight is 404 g/mol. The van der Waals surface area contributed by atoms with Gasteiger partial charge in [0.1, 0.15) is 11.6 Å². The Morgan fingerprint density at radius 3 is 2.64 bits per heavy atom. The molecule has 0 spiro atoms. The first-order valence-electron chi connectivity index (χ1n) is 8.62. The lowest BCUT2D eigenvalue weighted by atomic mass is 10.2. The molecule has 1 N–H and O–H groups in total. The molecule has 3 rings (SSSR count). The fourth-order valence-corrected chi connectivity index (χ4v) is 3.02. The fourth-order valence-electron chi connectivity index (χ4n) is 2.90. The van der Waals surface area contributed by atoms with Gasteiger partial charge in [-0.05, 0) is 38.5 Å². The maximum Gasteiger partial charge on any atom is 0.258 e. The van der Waals surface area contributed by atoms with Crippen molar-refractivity contribution in [1.82, 2.24) is 19.3 Å². The summed E-state index contributed by atoms with van der Waals surface area (Å²) in [5.74, 6) is -0.646. The van der Waals surface area contributed by atoms with E-state index in [1.807, 2.05) is 6.92 Å². The largest absolute Gasteiger partial charge is 0.306 e. The Morgan fingerprint density at radius 1 is 1.29 bits per heavy atom. The number of rotatable bonds is 4. The van der Waals surface area contributed by atoms with Crippen molar-refractivity contribution in [3.8, 4) is 5.95 Å². The molecule has 0 saturated heterocycles. The van der Waals surface area contributed by atoms with E-state index < -0.39 is 11.7 Å². The summed E-state index contributed by atoms with van der Waals surface area (Å²) in [5, 5.41) is 6.96. The first-order chi connectivity index (χ1) is 13.2. The molecule has 0 unspecified atom stereocenters. The Morgan fingerprint density at radius 2 is 2.00 bits per heavy atom. The van der Waals surface area contributed by atoms with E-state index in [0.29, 0.717) is 29.2 Å². The quantitative estimate of drug-likeness (QED) is 0.725. The highest BCUT2D eigenvalue weighted by atomic mass is 35.5. The number of hydrogen-bond acceptors (Lipinski definition) is 4. The van der Waals surface area contributed by atoms with Crippen LogP contribution in [-0.4, -0.2) is 25.2 Å². The number of aryl methyl sites for hydroxylation is 2. The van der Waals surface area contributed by atoms with Gasteiger partial charge in [0.15, 0.2) is 0 Å². The minimum atomic E-state index is -0.686. The Kier molecular flexibility index (Phi) is 5.33. The lowest BCUT2D eigenvalue weighted by Crippen LogP contribution is -2.28. The molecule has 1 amide bonds. The fraction of sp³-hybridized carbons (Fsp3) is 0.263. The van der Waals surface area contributed by atoms with Crippen molar-refractivity contribution in [3.63, 3.8) is 0 Å². The zero-order valence-corrected chi connectivity index (χ0v) is 16.6. The molecule has 0 aliphatic rings. The van der Waals surface area contributed by atoms with Gasteiger partial charge in [-0.15, -0.1) is 0 Å². The van der Waals surface area contributed by atoms with Crippen molar-refractivity contribution in [3.05, 3.63) is 68.0 Å². The molecule has 0 atom stereocenters. The molecule has 9 heteroatoms. The first kappa shape index (κ1) is 19.8. The van der Waals surface area contributed by atoms with Crippen molar-refractivity contribution in [2.24, 2.45) is 7.05 Å². The highest BCUT2D eigenvalue weighted by Gasteiger charge is 2.18. The van der Waals surface area contributed by atoms with Gasteiger partial charge in [0.2, 0.25) is 5.95 Å². The number of nitrogens with one attached hydrogen (secondary N) is 1. The molecule has 0 fully saturated rings. The molecule has 1 aromatic carbocycles. The minimum Gasteiger partial charge on any atom is -0.306 e. The summed E-state index contributed by atoms with van der Waals surface area (Å²) in [6.07, 6.45) is 0.565. The van der Waals surface area contributed by atoms with Crippen LogP contribution in [0, 0.1) is 19.7 Å². The first-order valence-corrected chi connectivity index (χ1v) is 9.00. The number of carbonyl (C=O) groups excluding carboxylic acids is 1. The van der Waals surface area contributed by atoms with E-state index in [1.54, 1.807) is 27.0 Å². The highest BCUT2D eigenvalue weighted by Crippen LogP contribution is 2.19. The van der Waals surface area contributed by atoms with Crippen LogP contribution in [0.2, 0.25) is 5.02 Å². The van der Waals surface area contributed by atoms with E-state index in [0.717, 1.165) is 6.07 Å². The molecule has 2 heterocycles.